The summed E-state index contributed by atoms with van der Waals surface area (Å²) in [6, 6.07) is 0. The van der Waals surface area contributed by atoms with Gasteiger partial charge in [0.2, 0.25) is 0 Å². The van der Waals surface area contributed by atoms with E-state index in [1.54, 1.807) is 19.1 Å². The van der Waals surface area contributed by atoms with Gasteiger partial charge in [0.1, 0.15) is 18.3 Å². The SMILES string of the molecule is C=C/C=C\[C@H](C[C@@H](OC(C)=O)[C@H](C)OC(C)=O)OC(C)=O. The van der Waals surface area contributed by atoms with Crippen LogP contribution in [-0.2, 0) is 28.6 Å². The molecule has 0 saturated carbocycles. The van der Waals surface area contributed by atoms with Crippen LogP contribution in [0, 0.1) is 0 Å². The van der Waals surface area contributed by atoms with Crippen LogP contribution in [0.1, 0.15) is 34.1 Å². The Morgan fingerprint density at radius 1 is 1.00 bits per heavy atom. The van der Waals surface area contributed by atoms with Gasteiger partial charge in [0, 0.05) is 27.2 Å². The molecule has 0 unspecified atom stereocenters. The summed E-state index contributed by atoms with van der Waals surface area (Å²) in [5.41, 5.74) is 0. The molecule has 0 radical (unpaired) electrons. The fourth-order valence-electron chi connectivity index (χ4n) is 1.70. The zero-order chi connectivity index (χ0) is 16.4. The number of carbonyl (C=O) groups excluding carboxylic acids is 3. The van der Waals surface area contributed by atoms with Crippen molar-refractivity contribution in [3.63, 3.8) is 0 Å². The maximum absolute atomic E-state index is 11.2. The summed E-state index contributed by atoms with van der Waals surface area (Å²) in [6.07, 6.45) is 2.97. The van der Waals surface area contributed by atoms with Crippen LogP contribution in [0.5, 0.6) is 0 Å². The summed E-state index contributed by atoms with van der Waals surface area (Å²) in [4.78, 5) is 33.3. The molecular weight excluding hydrogens is 276 g/mol. The predicted octanol–water partition coefficient (Wildman–Crippen LogP) is 1.93. The van der Waals surface area contributed by atoms with E-state index in [0.717, 1.165) is 0 Å². The lowest BCUT2D eigenvalue weighted by atomic mass is 10.1. The number of ether oxygens (including phenoxy) is 3. The third-order valence-electron chi connectivity index (χ3n) is 2.44. The monoisotopic (exact) mass is 298 g/mol. The number of esters is 3. The van der Waals surface area contributed by atoms with Crippen LogP contribution < -0.4 is 0 Å². The van der Waals surface area contributed by atoms with E-state index in [1.807, 2.05) is 0 Å². The fraction of sp³-hybridized carbons (Fsp3) is 0.533. The van der Waals surface area contributed by atoms with Gasteiger partial charge >= 0.3 is 17.9 Å². The van der Waals surface area contributed by atoms with Crippen molar-refractivity contribution >= 4 is 17.9 Å². The normalized spacial score (nSPS) is 14.9. The third kappa shape index (κ3) is 9.43. The van der Waals surface area contributed by atoms with Crippen molar-refractivity contribution in [2.45, 2.75) is 52.4 Å². The van der Waals surface area contributed by atoms with E-state index in [9.17, 15) is 14.4 Å². The van der Waals surface area contributed by atoms with Crippen LogP contribution in [0.3, 0.4) is 0 Å². The minimum absolute atomic E-state index is 0.179. The zero-order valence-corrected chi connectivity index (χ0v) is 12.8. The Balaban J connectivity index is 4.96. The van der Waals surface area contributed by atoms with Gasteiger partial charge in [-0.1, -0.05) is 18.7 Å². The van der Waals surface area contributed by atoms with E-state index >= 15 is 0 Å². The van der Waals surface area contributed by atoms with E-state index in [2.05, 4.69) is 6.58 Å². The second-order valence-corrected chi connectivity index (χ2v) is 4.47. The first-order valence-corrected chi connectivity index (χ1v) is 6.57. The van der Waals surface area contributed by atoms with Crippen molar-refractivity contribution in [1.29, 1.82) is 0 Å². The van der Waals surface area contributed by atoms with Gasteiger partial charge in [0.15, 0.2) is 0 Å². The van der Waals surface area contributed by atoms with E-state index in [4.69, 9.17) is 14.2 Å². The van der Waals surface area contributed by atoms with Gasteiger partial charge < -0.3 is 14.2 Å². The van der Waals surface area contributed by atoms with Crippen molar-refractivity contribution in [2.24, 2.45) is 0 Å². The minimum Gasteiger partial charge on any atom is -0.459 e. The molecule has 0 bridgehead atoms. The number of hydrogen-bond acceptors (Lipinski definition) is 6. The molecule has 0 saturated heterocycles. The quantitative estimate of drug-likeness (QED) is 0.387. The number of carbonyl (C=O) groups is 3. The lowest BCUT2D eigenvalue weighted by Gasteiger charge is -2.26. The first-order chi connectivity index (χ1) is 9.76. The van der Waals surface area contributed by atoms with Crippen molar-refractivity contribution in [2.75, 3.05) is 0 Å². The zero-order valence-electron chi connectivity index (χ0n) is 12.8. The molecule has 0 heterocycles. The van der Waals surface area contributed by atoms with Gasteiger partial charge in [0.05, 0.1) is 0 Å². The summed E-state index contributed by atoms with van der Waals surface area (Å²) in [5, 5.41) is 0. The molecule has 6 nitrogen and oxygen atoms in total. The molecule has 0 aromatic carbocycles. The highest BCUT2D eigenvalue weighted by atomic mass is 16.6. The molecule has 0 spiro atoms. The molecule has 0 aromatic heterocycles. The minimum atomic E-state index is -0.717. The highest BCUT2D eigenvalue weighted by Gasteiger charge is 2.27. The largest absolute Gasteiger partial charge is 0.459 e. The standard InChI is InChI=1S/C15H22O6/c1-6-7-8-14(20-12(4)17)9-15(21-13(5)18)10(2)19-11(3)16/h6-8,10,14-15H,1,9H2,2-5H3/b8-7-/t10-,14+,15+/m0/s1. The highest BCUT2D eigenvalue weighted by molar-refractivity contribution is 5.67. The van der Waals surface area contributed by atoms with Crippen LogP contribution in [-0.4, -0.2) is 36.2 Å². The Bertz CT molecular complexity index is 412. The van der Waals surface area contributed by atoms with Crippen molar-refractivity contribution in [3.8, 4) is 0 Å². The summed E-state index contributed by atoms with van der Waals surface area (Å²) < 4.78 is 15.3. The molecule has 3 atom stereocenters. The number of allylic oxidation sites excluding steroid dienone is 2. The molecule has 0 N–H and O–H groups in total. The van der Waals surface area contributed by atoms with Gasteiger partial charge in [-0.3, -0.25) is 14.4 Å². The Morgan fingerprint density at radius 2 is 1.52 bits per heavy atom. The van der Waals surface area contributed by atoms with Gasteiger partial charge in [-0.2, -0.15) is 0 Å². The first kappa shape index (κ1) is 18.9. The molecule has 118 valence electrons. The maximum atomic E-state index is 11.2. The van der Waals surface area contributed by atoms with Crippen LogP contribution in [0.25, 0.3) is 0 Å². The van der Waals surface area contributed by atoms with Gasteiger partial charge in [-0.05, 0) is 13.0 Å². The lowest BCUT2D eigenvalue weighted by molar-refractivity contribution is -0.167. The third-order valence-corrected chi connectivity index (χ3v) is 2.44. The summed E-state index contributed by atoms with van der Waals surface area (Å²) in [5.74, 6) is -1.45. The topological polar surface area (TPSA) is 78.9 Å². The summed E-state index contributed by atoms with van der Waals surface area (Å²) in [6.45, 7) is 8.95. The smallest absolute Gasteiger partial charge is 0.303 e. The van der Waals surface area contributed by atoms with Crippen LogP contribution in [0.15, 0.2) is 24.8 Å². The van der Waals surface area contributed by atoms with E-state index < -0.39 is 36.2 Å². The predicted molar refractivity (Wildman–Crippen MR) is 76.3 cm³/mol. The molecular formula is C15H22O6. The highest BCUT2D eigenvalue weighted by Crippen LogP contribution is 2.15. The molecule has 0 rings (SSSR count). The second-order valence-electron chi connectivity index (χ2n) is 4.47. The maximum Gasteiger partial charge on any atom is 0.303 e. The van der Waals surface area contributed by atoms with Gasteiger partial charge in [-0.25, -0.2) is 0 Å². The molecule has 21 heavy (non-hydrogen) atoms. The summed E-state index contributed by atoms with van der Waals surface area (Å²) >= 11 is 0. The summed E-state index contributed by atoms with van der Waals surface area (Å²) in [7, 11) is 0. The average Bonchev–Trinajstić information content (AvgIpc) is 2.32. The molecule has 0 aliphatic rings. The fourth-order valence-corrected chi connectivity index (χ4v) is 1.70. The second kappa shape index (κ2) is 9.74. The lowest BCUT2D eigenvalue weighted by Crippen LogP contribution is -2.35. The van der Waals surface area contributed by atoms with Crippen molar-refractivity contribution < 1.29 is 28.6 Å². The van der Waals surface area contributed by atoms with Crippen LogP contribution in [0.4, 0.5) is 0 Å². The molecule has 0 amide bonds. The molecule has 0 aromatic rings. The first-order valence-electron chi connectivity index (χ1n) is 6.57. The van der Waals surface area contributed by atoms with Crippen LogP contribution >= 0.6 is 0 Å². The van der Waals surface area contributed by atoms with E-state index in [-0.39, 0.29) is 6.42 Å². The Kier molecular flexibility index (Phi) is 8.76. The van der Waals surface area contributed by atoms with E-state index in [1.165, 1.54) is 26.8 Å². The number of rotatable bonds is 8. The van der Waals surface area contributed by atoms with Crippen LogP contribution in [0.2, 0.25) is 0 Å². The van der Waals surface area contributed by atoms with Crippen molar-refractivity contribution in [3.05, 3.63) is 24.8 Å². The number of hydrogen-bond donors (Lipinski definition) is 0. The molecule has 0 aliphatic heterocycles. The average molecular weight is 298 g/mol. The Hall–Kier alpha value is -2.11. The molecule has 0 aliphatic carbocycles. The molecule has 0 fully saturated rings. The van der Waals surface area contributed by atoms with E-state index in [0.29, 0.717) is 0 Å². The molecule has 6 heteroatoms. The van der Waals surface area contributed by atoms with Gasteiger partial charge in [-0.15, -0.1) is 0 Å². The van der Waals surface area contributed by atoms with Crippen molar-refractivity contribution in [1.82, 2.24) is 0 Å². The van der Waals surface area contributed by atoms with Gasteiger partial charge in [0.25, 0.3) is 0 Å². The Labute approximate surface area is 124 Å². The Morgan fingerprint density at radius 3 is 1.95 bits per heavy atom.